The van der Waals surface area contributed by atoms with Gasteiger partial charge in [0.1, 0.15) is 48.0 Å². The van der Waals surface area contributed by atoms with E-state index in [9.17, 15) is 53.7 Å². The second-order valence-electron chi connectivity index (χ2n) is 18.7. The number of benzene rings is 4. The number of para-hydroxylation sites is 1. The first-order valence-corrected chi connectivity index (χ1v) is 27.6. The number of fused-ring (bicyclic) bond motifs is 1. The normalized spacial score (nSPS) is 22.5. The van der Waals surface area contributed by atoms with Crippen molar-refractivity contribution in [2.75, 3.05) is 18.1 Å². The highest BCUT2D eigenvalue weighted by Gasteiger charge is 2.36. The summed E-state index contributed by atoms with van der Waals surface area (Å²) in [5, 5.41) is 50.5. The number of carbonyl (C=O) groups excluding carboxylic acids is 7. The summed E-state index contributed by atoms with van der Waals surface area (Å²) in [6.45, 7) is 1.50. The highest BCUT2D eigenvalue weighted by Crippen LogP contribution is 2.24. The number of aromatic amines is 1. The van der Waals surface area contributed by atoms with Crippen LogP contribution in [0.5, 0.6) is 5.75 Å². The number of amides is 7. The van der Waals surface area contributed by atoms with Crippen molar-refractivity contribution in [3.05, 3.63) is 138 Å². The molecule has 1 aromatic heterocycles. The Kier molecular flexibility index (Phi) is 22.3. The van der Waals surface area contributed by atoms with Gasteiger partial charge in [-0.1, -0.05) is 113 Å². The van der Waals surface area contributed by atoms with Gasteiger partial charge in [-0.25, -0.2) is 4.79 Å². The third kappa shape index (κ3) is 17.8. The fourth-order valence-electron chi connectivity index (χ4n) is 8.47. The number of phenols is 1. The van der Waals surface area contributed by atoms with Gasteiger partial charge < -0.3 is 69.0 Å². The number of aromatic hydroxyl groups is 1. The number of aliphatic hydroxyl groups excluding tert-OH is 1. The van der Waals surface area contributed by atoms with Crippen molar-refractivity contribution in [2.45, 2.75) is 106 Å². The number of nitrogens with two attached hydrogens (primary N) is 2. The average molecular weight is 1100 g/mol. The molecule has 2 heterocycles. The molecule has 410 valence electrons. The number of aliphatic carboxylic acids is 1. The summed E-state index contributed by atoms with van der Waals surface area (Å²) in [5.41, 5.74) is 15.3. The van der Waals surface area contributed by atoms with Gasteiger partial charge in [0.25, 0.3) is 0 Å². The number of hydrogen-bond acceptors (Lipinski definition) is 14. The van der Waals surface area contributed by atoms with Gasteiger partial charge in [0, 0.05) is 47.9 Å². The van der Waals surface area contributed by atoms with E-state index in [0.29, 0.717) is 35.1 Å². The zero-order valence-corrected chi connectivity index (χ0v) is 43.9. The third-order valence-electron chi connectivity index (χ3n) is 12.7. The molecular weight excluding hydrogens is 1030 g/mol. The van der Waals surface area contributed by atoms with E-state index < -0.39 is 102 Å². The Bertz CT molecular complexity index is 2810. The van der Waals surface area contributed by atoms with Crippen LogP contribution in [0.4, 0.5) is 0 Å². The molecule has 23 heteroatoms. The summed E-state index contributed by atoms with van der Waals surface area (Å²) in [7, 11) is 1.94. The molecule has 0 spiro atoms. The number of rotatable bonds is 16. The number of nitrogens with one attached hydrogen (secondary N) is 8. The van der Waals surface area contributed by atoms with E-state index in [1.165, 1.54) is 19.1 Å². The molecule has 1 aliphatic rings. The first kappa shape index (κ1) is 58.8. The molecule has 6 rings (SSSR count). The predicted octanol–water partition coefficient (Wildman–Crippen LogP) is 0.854. The number of aromatic nitrogens is 1. The summed E-state index contributed by atoms with van der Waals surface area (Å²) < 4.78 is 0. The topological polar surface area (TPSA) is 349 Å². The average Bonchev–Trinajstić information content (AvgIpc) is 3.83. The number of H-pyrrole nitrogens is 1. The Labute approximate surface area is 453 Å². The van der Waals surface area contributed by atoms with Crippen LogP contribution in [0.2, 0.25) is 0 Å². The van der Waals surface area contributed by atoms with E-state index in [1.807, 2.05) is 24.3 Å². The minimum Gasteiger partial charge on any atom is -0.508 e. The van der Waals surface area contributed by atoms with E-state index in [2.05, 4.69) is 42.2 Å². The number of carboxylic acid groups (broad SMARTS) is 1. The third-order valence-corrected chi connectivity index (χ3v) is 15.2. The lowest BCUT2D eigenvalue weighted by Crippen LogP contribution is -2.62. The van der Waals surface area contributed by atoms with Crippen LogP contribution >= 0.6 is 21.6 Å². The maximum absolute atomic E-state index is 14.8. The van der Waals surface area contributed by atoms with Gasteiger partial charge in [-0.05, 0) is 79.6 Å². The van der Waals surface area contributed by atoms with Gasteiger partial charge in [-0.15, -0.1) is 0 Å². The van der Waals surface area contributed by atoms with Gasteiger partial charge in [0.2, 0.25) is 41.4 Å². The van der Waals surface area contributed by atoms with E-state index in [1.54, 1.807) is 79.0 Å². The SMILES string of the molecule is C[C@@H](O)[C@@H]1NC(=O)[C@H](CCCCN)NC(=O)[C@@H](Cc2c[nH]c3ccccc23)NC(=O)[C@H](Cc2ccccc2)NC(=O)[C@@H](NC(=O)[C@@H](N)Cc2ccc(O)cc2)CSSC[C@@H](C(=O)O)NC(=O)[C@H](Cc2ccccc2)NC1=O. The maximum atomic E-state index is 14.8. The van der Waals surface area contributed by atoms with Crippen LogP contribution < -0.4 is 48.7 Å². The van der Waals surface area contributed by atoms with Crippen LogP contribution in [0, 0.1) is 0 Å². The number of phenolic OH excluding ortho intramolecular Hbond substituents is 1. The molecule has 0 aliphatic carbocycles. The molecule has 1 fully saturated rings. The Morgan fingerprint density at radius 3 is 1.78 bits per heavy atom. The number of unbranched alkanes of at least 4 members (excludes halogenated alkanes) is 1. The Morgan fingerprint density at radius 2 is 1.17 bits per heavy atom. The highest BCUT2D eigenvalue weighted by molar-refractivity contribution is 8.76. The molecule has 5 aromatic rings. The summed E-state index contributed by atoms with van der Waals surface area (Å²) in [6, 6.07) is 19.2. The van der Waals surface area contributed by atoms with E-state index in [-0.39, 0.29) is 55.9 Å². The maximum Gasteiger partial charge on any atom is 0.327 e. The smallest absolute Gasteiger partial charge is 0.327 e. The molecule has 7 amide bonds. The van der Waals surface area contributed by atoms with E-state index >= 15 is 0 Å². The number of carbonyl (C=O) groups is 8. The molecule has 1 saturated heterocycles. The summed E-state index contributed by atoms with van der Waals surface area (Å²) >= 11 is 0. The quantitative estimate of drug-likeness (QED) is 0.0481. The monoisotopic (exact) mass is 1090 g/mol. The molecule has 0 saturated carbocycles. The van der Waals surface area contributed by atoms with Crippen molar-refractivity contribution in [3.8, 4) is 5.75 Å². The second kappa shape index (κ2) is 29.2. The minimum atomic E-state index is -1.69. The van der Waals surface area contributed by atoms with Gasteiger partial charge in [-0.2, -0.15) is 0 Å². The summed E-state index contributed by atoms with van der Waals surface area (Å²) in [5.74, 6) is -7.90. The van der Waals surface area contributed by atoms with Gasteiger partial charge >= 0.3 is 5.97 Å². The zero-order valence-electron chi connectivity index (χ0n) is 42.3. The summed E-state index contributed by atoms with van der Waals surface area (Å²) in [6.07, 6.45) is 0.571. The standard InChI is InChI=1S/C54H66N10O11S2/c1-31(65)46-53(73)61-42(26-33-14-6-3-7-15-33)50(70)63-45(54(74)75)30-77-76-29-44(62-47(67)38(56)24-34-19-21-36(66)22-20-34)52(72)59-41(25-32-12-4-2-5-13-32)49(69)60-43(27-35-28-57-39-17-9-8-16-37(35)39)51(71)58-40(48(68)64-46)18-10-11-23-55/h2-9,12-17,19-22,28,31,38,40-46,57,65-66H,10-11,18,23-27,29-30,55-56H2,1H3,(H,58,71)(H,59,72)(H,60,69)(H,61,73)(H,62,67)(H,63,70)(H,64,68)(H,74,75)/t31-,38+,40+,41+,42+,43-,44+,45+,46+/m1/s1. The van der Waals surface area contributed by atoms with Crippen molar-refractivity contribution in [2.24, 2.45) is 11.5 Å². The van der Waals surface area contributed by atoms with Crippen LogP contribution in [0.15, 0.2) is 115 Å². The molecule has 9 atom stereocenters. The lowest BCUT2D eigenvalue weighted by Gasteiger charge is -2.28. The fraction of sp³-hybridized carbons (Fsp3) is 0.370. The molecule has 0 unspecified atom stereocenters. The van der Waals surface area contributed by atoms with Crippen LogP contribution in [0.3, 0.4) is 0 Å². The first-order valence-electron chi connectivity index (χ1n) is 25.1. The summed E-state index contributed by atoms with van der Waals surface area (Å²) in [4.78, 5) is 117. The fourth-order valence-corrected chi connectivity index (χ4v) is 10.8. The predicted molar refractivity (Wildman–Crippen MR) is 293 cm³/mol. The number of carboxylic acids is 1. The van der Waals surface area contributed by atoms with Crippen LogP contribution in [0.25, 0.3) is 10.9 Å². The molecule has 4 aromatic carbocycles. The van der Waals surface area contributed by atoms with Crippen molar-refractivity contribution in [3.63, 3.8) is 0 Å². The molecule has 77 heavy (non-hydrogen) atoms. The van der Waals surface area contributed by atoms with Crippen LogP contribution in [0.1, 0.15) is 48.4 Å². The first-order chi connectivity index (χ1) is 37.0. The lowest BCUT2D eigenvalue weighted by atomic mass is 10.0. The van der Waals surface area contributed by atoms with Gasteiger partial charge in [0.15, 0.2) is 0 Å². The van der Waals surface area contributed by atoms with Crippen molar-refractivity contribution in [1.29, 1.82) is 0 Å². The van der Waals surface area contributed by atoms with Gasteiger partial charge in [-0.3, -0.25) is 33.6 Å². The molecule has 1 aliphatic heterocycles. The van der Waals surface area contributed by atoms with Gasteiger partial charge in [0.05, 0.1) is 12.1 Å². The zero-order chi connectivity index (χ0) is 55.4. The Balaban J connectivity index is 1.40. The van der Waals surface area contributed by atoms with Crippen LogP contribution in [-0.2, 0) is 64.0 Å². The van der Waals surface area contributed by atoms with Crippen molar-refractivity contribution in [1.82, 2.24) is 42.2 Å². The highest BCUT2D eigenvalue weighted by atomic mass is 33.1. The minimum absolute atomic E-state index is 0.000701. The van der Waals surface area contributed by atoms with E-state index in [4.69, 9.17) is 11.5 Å². The largest absolute Gasteiger partial charge is 0.508 e. The Hall–Kier alpha value is -7.44. The van der Waals surface area contributed by atoms with Crippen molar-refractivity contribution < 1.29 is 53.7 Å². The molecular formula is C54H66N10O11S2. The number of hydrogen-bond donors (Lipinski definition) is 13. The van der Waals surface area contributed by atoms with Crippen LogP contribution in [-0.4, -0.2) is 140 Å². The molecule has 15 N–H and O–H groups in total. The second-order valence-corrected chi connectivity index (χ2v) is 21.3. The Morgan fingerprint density at radius 1 is 0.636 bits per heavy atom. The van der Waals surface area contributed by atoms with E-state index in [0.717, 1.165) is 32.5 Å². The lowest BCUT2D eigenvalue weighted by molar-refractivity contribution is -0.141. The molecule has 0 bridgehead atoms. The number of aliphatic hydroxyl groups is 1. The molecule has 21 nitrogen and oxygen atoms in total. The molecule has 0 radical (unpaired) electrons. The van der Waals surface area contributed by atoms with Crippen molar-refractivity contribution >= 4 is 79.8 Å².